The van der Waals surface area contributed by atoms with E-state index in [9.17, 15) is 4.79 Å². The van der Waals surface area contributed by atoms with Gasteiger partial charge in [0.05, 0.1) is 7.11 Å². The summed E-state index contributed by atoms with van der Waals surface area (Å²) in [6.07, 6.45) is 0. The number of fused-ring (bicyclic) bond motifs is 1. The van der Waals surface area contributed by atoms with Gasteiger partial charge in [0.25, 0.3) is 0 Å². The van der Waals surface area contributed by atoms with Crippen molar-refractivity contribution < 1.29 is 9.15 Å². The van der Waals surface area contributed by atoms with Crippen LogP contribution in [0, 0.1) is 6.92 Å². The summed E-state index contributed by atoms with van der Waals surface area (Å²) >= 11 is 0. The Hall–Kier alpha value is -2.63. The third-order valence-corrected chi connectivity index (χ3v) is 5.59. The zero-order chi connectivity index (χ0) is 21.8. The molecule has 3 rings (SSSR count). The Kier molecular flexibility index (Phi) is 6.95. The second-order valence-corrected chi connectivity index (χ2v) is 8.34. The summed E-state index contributed by atoms with van der Waals surface area (Å²) in [6.45, 7) is 7.76. The maximum atomic E-state index is 12.1. The van der Waals surface area contributed by atoms with Crippen molar-refractivity contribution in [3.8, 4) is 5.75 Å². The fourth-order valence-corrected chi connectivity index (χ4v) is 3.95. The van der Waals surface area contributed by atoms with Gasteiger partial charge < -0.3 is 19.4 Å². The molecule has 1 N–H and O–H groups in total. The van der Waals surface area contributed by atoms with E-state index in [1.807, 2.05) is 18.2 Å². The summed E-state index contributed by atoms with van der Waals surface area (Å²) in [7, 11) is 5.81. The van der Waals surface area contributed by atoms with Gasteiger partial charge in [0, 0.05) is 30.6 Å². The molecule has 3 aromatic rings. The molecule has 0 saturated carbocycles. The molecule has 1 heterocycles. The lowest BCUT2D eigenvalue weighted by Crippen LogP contribution is -2.31. The van der Waals surface area contributed by atoms with Gasteiger partial charge in [-0.15, -0.1) is 0 Å². The number of rotatable bonds is 8. The summed E-state index contributed by atoms with van der Waals surface area (Å²) in [6, 6.07) is 14.1. The smallest absolute Gasteiger partial charge is 0.336 e. The fraction of sp³-hybridized carbons (Fsp3) is 0.400. The first-order valence-corrected chi connectivity index (χ1v) is 10.4. The van der Waals surface area contributed by atoms with E-state index < -0.39 is 0 Å². The third-order valence-electron chi connectivity index (χ3n) is 5.59. The number of nitrogens with zero attached hydrogens (tertiary/aromatic N) is 1. The molecule has 0 aliphatic heterocycles. The van der Waals surface area contributed by atoms with Crippen LogP contribution in [0.4, 0.5) is 0 Å². The summed E-state index contributed by atoms with van der Waals surface area (Å²) < 4.78 is 10.8. The Morgan fingerprint density at radius 3 is 2.57 bits per heavy atom. The molecule has 2 aromatic carbocycles. The van der Waals surface area contributed by atoms with Crippen LogP contribution in [0.2, 0.25) is 0 Å². The van der Waals surface area contributed by atoms with E-state index in [-0.39, 0.29) is 11.7 Å². The number of methoxy groups -OCH3 is 1. The molecule has 5 nitrogen and oxygen atoms in total. The lowest BCUT2D eigenvalue weighted by molar-refractivity contribution is 0.287. The summed E-state index contributed by atoms with van der Waals surface area (Å²) in [4.78, 5) is 14.3. The predicted molar refractivity (Wildman–Crippen MR) is 122 cm³/mol. The molecule has 30 heavy (non-hydrogen) atoms. The number of likely N-dealkylation sites (N-methyl/N-ethyl adjacent to an activating group) is 1. The highest BCUT2D eigenvalue weighted by Crippen LogP contribution is 2.27. The van der Waals surface area contributed by atoms with Crippen molar-refractivity contribution in [2.24, 2.45) is 0 Å². The van der Waals surface area contributed by atoms with Crippen molar-refractivity contribution in [2.45, 2.75) is 39.3 Å². The number of benzene rings is 2. The molecule has 0 aliphatic carbocycles. The Morgan fingerprint density at radius 1 is 1.13 bits per heavy atom. The van der Waals surface area contributed by atoms with Crippen molar-refractivity contribution in [2.75, 3.05) is 27.7 Å². The van der Waals surface area contributed by atoms with Crippen molar-refractivity contribution in [3.63, 3.8) is 0 Å². The van der Waals surface area contributed by atoms with Crippen molar-refractivity contribution >= 4 is 11.0 Å². The van der Waals surface area contributed by atoms with Gasteiger partial charge in [-0.1, -0.05) is 26.0 Å². The molecular formula is C25H32N2O3. The molecule has 1 atom stereocenters. The van der Waals surface area contributed by atoms with Gasteiger partial charge >= 0.3 is 5.63 Å². The predicted octanol–water partition coefficient (Wildman–Crippen LogP) is 4.63. The molecule has 5 heteroatoms. The normalized spacial score (nSPS) is 12.7. The number of hydrogen-bond donors (Lipinski definition) is 1. The van der Waals surface area contributed by atoms with E-state index in [1.54, 1.807) is 13.2 Å². The van der Waals surface area contributed by atoms with E-state index in [2.05, 4.69) is 63.3 Å². The van der Waals surface area contributed by atoms with E-state index in [1.165, 1.54) is 11.1 Å². The summed E-state index contributed by atoms with van der Waals surface area (Å²) in [5, 5.41) is 4.54. The van der Waals surface area contributed by atoms with Gasteiger partial charge in [-0.05, 0) is 73.5 Å². The van der Waals surface area contributed by atoms with Crippen LogP contribution in [0.5, 0.6) is 5.75 Å². The van der Waals surface area contributed by atoms with Crippen LogP contribution >= 0.6 is 0 Å². The van der Waals surface area contributed by atoms with E-state index >= 15 is 0 Å². The van der Waals surface area contributed by atoms with Crippen LogP contribution in [0.3, 0.4) is 0 Å². The van der Waals surface area contributed by atoms with Gasteiger partial charge in [-0.3, -0.25) is 0 Å². The standard InChI is InChI=1S/C25H32N2O3/c1-16(2)21-13-22-19(12-25(28)30-24(22)10-17(21)3)14-26-15-23(27(4)5)18-8-7-9-20(11-18)29-6/h7-13,16,23,26H,14-15H2,1-6H3/t23-/m1/s1. The molecule has 0 saturated heterocycles. The van der Waals surface area contributed by atoms with Gasteiger partial charge in [0.2, 0.25) is 0 Å². The van der Waals surface area contributed by atoms with Crippen LogP contribution in [0.1, 0.15) is 48.1 Å². The third kappa shape index (κ3) is 4.91. The minimum absolute atomic E-state index is 0.181. The van der Waals surface area contributed by atoms with Gasteiger partial charge in [-0.25, -0.2) is 4.79 Å². The quantitative estimate of drug-likeness (QED) is 0.551. The first-order chi connectivity index (χ1) is 14.3. The SMILES string of the molecule is COc1cccc([C@@H](CNCc2cc(=O)oc3cc(C)c(C(C)C)cc23)N(C)C)c1. The zero-order valence-electron chi connectivity index (χ0n) is 18.8. The first-order valence-electron chi connectivity index (χ1n) is 10.4. The minimum atomic E-state index is -0.312. The molecule has 160 valence electrons. The number of nitrogens with one attached hydrogen (secondary N) is 1. The maximum absolute atomic E-state index is 12.1. The van der Waals surface area contributed by atoms with Crippen LogP contribution in [-0.2, 0) is 6.54 Å². The second kappa shape index (κ2) is 9.45. The second-order valence-electron chi connectivity index (χ2n) is 8.34. The van der Waals surface area contributed by atoms with Gasteiger partial charge in [0.15, 0.2) is 0 Å². The average molecular weight is 409 g/mol. The number of ether oxygens (including phenoxy) is 1. The van der Waals surface area contributed by atoms with E-state index in [0.717, 1.165) is 28.8 Å². The molecule has 0 bridgehead atoms. The van der Waals surface area contributed by atoms with Gasteiger partial charge in [-0.2, -0.15) is 0 Å². The Bertz CT molecular complexity index is 1070. The highest BCUT2D eigenvalue weighted by atomic mass is 16.5. The topological polar surface area (TPSA) is 54.7 Å². The Labute approximate surface area is 178 Å². The molecule has 0 fully saturated rings. The maximum Gasteiger partial charge on any atom is 0.336 e. The summed E-state index contributed by atoms with van der Waals surface area (Å²) in [5.41, 5.74) is 4.91. The molecule has 0 spiro atoms. The Morgan fingerprint density at radius 2 is 1.90 bits per heavy atom. The average Bonchev–Trinajstić information content (AvgIpc) is 2.69. The monoisotopic (exact) mass is 408 g/mol. The van der Waals surface area contributed by atoms with E-state index in [0.29, 0.717) is 18.0 Å². The van der Waals surface area contributed by atoms with Gasteiger partial charge in [0.1, 0.15) is 11.3 Å². The number of hydrogen-bond acceptors (Lipinski definition) is 5. The highest BCUT2D eigenvalue weighted by Gasteiger charge is 2.16. The van der Waals surface area contributed by atoms with E-state index in [4.69, 9.17) is 9.15 Å². The van der Waals surface area contributed by atoms with Crippen LogP contribution in [-0.4, -0.2) is 32.6 Å². The van der Waals surface area contributed by atoms with Crippen LogP contribution in [0.15, 0.2) is 51.7 Å². The molecule has 0 unspecified atom stereocenters. The molecular weight excluding hydrogens is 376 g/mol. The minimum Gasteiger partial charge on any atom is -0.497 e. The lowest BCUT2D eigenvalue weighted by atomic mass is 9.95. The molecule has 0 radical (unpaired) electrons. The first kappa shape index (κ1) is 22.1. The lowest BCUT2D eigenvalue weighted by Gasteiger charge is -2.25. The number of aryl methyl sites for hydroxylation is 1. The van der Waals surface area contributed by atoms with Crippen LogP contribution in [0.25, 0.3) is 11.0 Å². The van der Waals surface area contributed by atoms with Crippen molar-refractivity contribution in [1.29, 1.82) is 0 Å². The van der Waals surface area contributed by atoms with Crippen molar-refractivity contribution in [3.05, 3.63) is 75.1 Å². The molecule has 0 aliphatic rings. The molecule has 0 amide bonds. The van der Waals surface area contributed by atoms with Crippen LogP contribution < -0.4 is 15.7 Å². The molecule has 1 aromatic heterocycles. The van der Waals surface area contributed by atoms with Crippen molar-refractivity contribution in [1.82, 2.24) is 10.2 Å². The zero-order valence-corrected chi connectivity index (χ0v) is 18.8. The summed E-state index contributed by atoms with van der Waals surface area (Å²) in [5.74, 6) is 1.26. The Balaban J connectivity index is 1.85. The highest BCUT2D eigenvalue weighted by molar-refractivity contribution is 5.82. The largest absolute Gasteiger partial charge is 0.497 e. The fourth-order valence-electron chi connectivity index (χ4n) is 3.95.